The second kappa shape index (κ2) is 6.26. The molecule has 6 heteroatoms. The standard InChI is InChI=1S/C17H17FN4O/c1-10-6-11-7-15(22-17(11)20-9-10)13-8-12(2-3-14(13)18)21-16(23)4-5-19/h2-3,6,8-9H,4-5,7,19H2,1H3,(H,21,23). The first-order chi connectivity index (χ1) is 11.1. The SMILES string of the molecule is Cc1cnc2c(c1)CC(c1cc(NC(=O)CCN)ccc1F)=N2. The van der Waals surface area contributed by atoms with Gasteiger partial charge in [-0.3, -0.25) is 4.79 Å². The van der Waals surface area contributed by atoms with Crippen LogP contribution in [0.2, 0.25) is 0 Å². The summed E-state index contributed by atoms with van der Waals surface area (Å²) in [5.41, 5.74) is 8.91. The van der Waals surface area contributed by atoms with Gasteiger partial charge in [-0.1, -0.05) is 6.07 Å². The molecule has 1 aromatic carbocycles. The van der Waals surface area contributed by atoms with Gasteiger partial charge in [-0.05, 0) is 30.7 Å². The molecule has 0 bridgehead atoms. The van der Waals surface area contributed by atoms with Crippen molar-refractivity contribution in [2.45, 2.75) is 19.8 Å². The molecule has 0 unspecified atom stereocenters. The minimum atomic E-state index is -0.370. The van der Waals surface area contributed by atoms with Crippen molar-refractivity contribution in [2.24, 2.45) is 10.7 Å². The summed E-state index contributed by atoms with van der Waals surface area (Å²) < 4.78 is 14.2. The van der Waals surface area contributed by atoms with E-state index in [2.05, 4.69) is 15.3 Å². The Balaban J connectivity index is 1.88. The van der Waals surface area contributed by atoms with Crippen LogP contribution in [0.1, 0.15) is 23.1 Å². The summed E-state index contributed by atoms with van der Waals surface area (Å²) in [6.45, 7) is 2.23. The second-order valence-electron chi connectivity index (χ2n) is 5.51. The topological polar surface area (TPSA) is 80.4 Å². The Morgan fingerprint density at radius 3 is 3.00 bits per heavy atom. The average molecular weight is 312 g/mol. The van der Waals surface area contributed by atoms with E-state index in [-0.39, 0.29) is 24.7 Å². The number of nitrogens with one attached hydrogen (secondary N) is 1. The number of aliphatic imine (C=N–C) groups is 1. The molecule has 0 fully saturated rings. The van der Waals surface area contributed by atoms with Gasteiger partial charge in [0.2, 0.25) is 5.91 Å². The lowest BCUT2D eigenvalue weighted by Gasteiger charge is -2.08. The summed E-state index contributed by atoms with van der Waals surface area (Å²) in [5, 5.41) is 2.71. The summed E-state index contributed by atoms with van der Waals surface area (Å²) in [6, 6.07) is 6.46. The number of amides is 1. The van der Waals surface area contributed by atoms with Crippen LogP contribution in [-0.4, -0.2) is 23.1 Å². The Morgan fingerprint density at radius 1 is 1.39 bits per heavy atom. The van der Waals surface area contributed by atoms with Gasteiger partial charge in [-0.15, -0.1) is 0 Å². The van der Waals surface area contributed by atoms with Crippen molar-refractivity contribution in [3.05, 3.63) is 53.0 Å². The van der Waals surface area contributed by atoms with Gasteiger partial charge >= 0.3 is 0 Å². The molecule has 1 amide bonds. The van der Waals surface area contributed by atoms with Crippen LogP contribution in [-0.2, 0) is 11.2 Å². The van der Waals surface area contributed by atoms with E-state index in [1.165, 1.54) is 12.1 Å². The van der Waals surface area contributed by atoms with Crippen molar-refractivity contribution >= 4 is 23.1 Å². The van der Waals surface area contributed by atoms with E-state index in [0.717, 1.165) is 11.1 Å². The molecule has 0 atom stereocenters. The molecule has 3 rings (SSSR count). The smallest absolute Gasteiger partial charge is 0.225 e. The predicted molar refractivity (Wildman–Crippen MR) is 87.6 cm³/mol. The van der Waals surface area contributed by atoms with Gasteiger partial charge in [0, 0.05) is 42.4 Å². The van der Waals surface area contributed by atoms with Crippen LogP contribution in [0.25, 0.3) is 0 Å². The number of carbonyl (C=O) groups is 1. The highest BCUT2D eigenvalue weighted by Crippen LogP contribution is 2.29. The summed E-state index contributed by atoms with van der Waals surface area (Å²) in [6.07, 6.45) is 2.49. The zero-order valence-electron chi connectivity index (χ0n) is 12.8. The molecular weight excluding hydrogens is 295 g/mol. The Hall–Kier alpha value is -2.60. The summed E-state index contributed by atoms with van der Waals surface area (Å²) in [7, 11) is 0. The third kappa shape index (κ3) is 3.27. The molecule has 1 aromatic heterocycles. The van der Waals surface area contributed by atoms with Crippen molar-refractivity contribution in [1.82, 2.24) is 4.98 Å². The number of aromatic nitrogens is 1. The minimum Gasteiger partial charge on any atom is -0.330 e. The molecule has 0 aliphatic carbocycles. The van der Waals surface area contributed by atoms with Crippen LogP contribution in [0.5, 0.6) is 0 Å². The minimum absolute atomic E-state index is 0.195. The van der Waals surface area contributed by atoms with Gasteiger partial charge in [-0.25, -0.2) is 14.4 Å². The molecule has 3 N–H and O–H groups in total. The highest BCUT2D eigenvalue weighted by atomic mass is 19.1. The van der Waals surface area contributed by atoms with Crippen LogP contribution in [0.4, 0.5) is 15.9 Å². The fourth-order valence-corrected chi connectivity index (χ4v) is 2.54. The van der Waals surface area contributed by atoms with Gasteiger partial charge in [-0.2, -0.15) is 0 Å². The molecule has 118 valence electrons. The number of hydrogen-bond acceptors (Lipinski definition) is 4. The van der Waals surface area contributed by atoms with E-state index in [1.807, 2.05) is 13.0 Å². The zero-order valence-corrected chi connectivity index (χ0v) is 12.8. The van der Waals surface area contributed by atoms with E-state index in [0.29, 0.717) is 29.2 Å². The maximum absolute atomic E-state index is 14.2. The van der Waals surface area contributed by atoms with Gasteiger partial charge in [0.1, 0.15) is 5.82 Å². The Kier molecular flexibility index (Phi) is 4.16. The maximum atomic E-state index is 14.2. The lowest BCUT2D eigenvalue weighted by atomic mass is 10.0. The van der Waals surface area contributed by atoms with Crippen LogP contribution in [0.3, 0.4) is 0 Å². The first-order valence-corrected chi connectivity index (χ1v) is 7.40. The molecule has 0 spiro atoms. The van der Waals surface area contributed by atoms with Crippen LogP contribution < -0.4 is 11.1 Å². The summed E-state index contributed by atoms with van der Waals surface area (Å²) in [4.78, 5) is 20.3. The number of pyridine rings is 1. The van der Waals surface area contributed by atoms with E-state index in [9.17, 15) is 9.18 Å². The zero-order chi connectivity index (χ0) is 16.4. The number of nitrogens with two attached hydrogens (primary N) is 1. The highest BCUT2D eigenvalue weighted by Gasteiger charge is 2.20. The molecule has 5 nitrogen and oxygen atoms in total. The molecule has 0 radical (unpaired) electrons. The first-order valence-electron chi connectivity index (χ1n) is 7.40. The van der Waals surface area contributed by atoms with Crippen LogP contribution in [0, 0.1) is 12.7 Å². The van der Waals surface area contributed by atoms with Gasteiger partial charge in [0.25, 0.3) is 0 Å². The van der Waals surface area contributed by atoms with Gasteiger partial charge in [0.15, 0.2) is 5.82 Å². The van der Waals surface area contributed by atoms with E-state index in [1.54, 1.807) is 12.3 Å². The lowest BCUT2D eigenvalue weighted by molar-refractivity contribution is -0.116. The number of nitrogens with zero attached hydrogens (tertiary/aromatic N) is 2. The number of anilines is 1. The summed E-state index contributed by atoms with van der Waals surface area (Å²) in [5.74, 6) is 0.0617. The van der Waals surface area contributed by atoms with Gasteiger partial charge in [0.05, 0.1) is 5.71 Å². The third-order valence-electron chi connectivity index (χ3n) is 3.61. The number of halogens is 1. The number of carbonyl (C=O) groups excluding carboxylic acids is 1. The van der Waals surface area contributed by atoms with Crippen molar-refractivity contribution < 1.29 is 9.18 Å². The molecule has 2 heterocycles. The molecule has 1 aliphatic rings. The maximum Gasteiger partial charge on any atom is 0.225 e. The largest absolute Gasteiger partial charge is 0.330 e. The van der Waals surface area contributed by atoms with E-state index < -0.39 is 0 Å². The number of fused-ring (bicyclic) bond motifs is 1. The fraction of sp³-hybridized carbons (Fsp3) is 0.235. The fourth-order valence-electron chi connectivity index (χ4n) is 2.54. The number of hydrogen-bond donors (Lipinski definition) is 2. The number of aryl methyl sites for hydroxylation is 1. The monoisotopic (exact) mass is 312 g/mol. The third-order valence-corrected chi connectivity index (χ3v) is 3.61. The van der Waals surface area contributed by atoms with Crippen molar-refractivity contribution in [2.75, 3.05) is 11.9 Å². The van der Waals surface area contributed by atoms with Crippen molar-refractivity contribution in [3.63, 3.8) is 0 Å². The predicted octanol–water partition coefficient (Wildman–Crippen LogP) is 2.49. The average Bonchev–Trinajstić information content (AvgIpc) is 2.92. The van der Waals surface area contributed by atoms with Crippen molar-refractivity contribution in [1.29, 1.82) is 0 Å². The molecule has 2 aromatic rings. The Bertz CT molecular complexity index is 801. The van der Waals surface area contributed by atoms with E-state index in [4.69, 9.17) is 5.73 Å². The molecule has 1 aliphatic heterocycles. The summed E-state index contributed by atoms with van der Waals surface area (Å²) >= 11 is 0. The number of benzene rings is 1. The number of rotatable bonds is 4. The Morgan fingerprint density at radius 2 is 2.22 bits per heavy atom. The first kappa shape index (κ1) is 15.3. The van der Waals surface area contributed by atoms with Gasteiger partial charge < -0.3 is 11.1 Å². The normalized spacial score (nSPS) is 12.7. The second-order valence-corrected chi connectivity index (χ2v) is 5.51. The van der Waals surface area contributed by atoms with E-state index >= 15 is 0 Å². The Labute approximate surface area is 133 Å². The molecular formula is C17H17FN4O. The quantitative estimate of drug-likeness (QED) is 0.910. The molecule has 0 saturated heterocycles. The van der Waals surface area contributed by atoms with Crippen LogP contribution in [0.15, 0.2) is 35.5 Å². The highest BCUT2D eigenvalue weighted by molar-refractivity contribution is 6.07. The van der Waals surface area contributed by atoms with Crippen molar-refractivity contribution in [3.8, 4) is 0 Å². The molecule has 23 heavy (non-hydrogen) atoms. The molecule has 0 saturated carbocycles. The lowest BCUT2D eigenvalue weighted by Crippen LogP contribution is -2.16. The van der Waals surface area contributed by atoms with Crippen LogP contribution >= 0.6 is 0 Å².